The van der Waals surface area contributed by atoms with Gasteiger partial charge in [0, 0.05) is 25.7 Å². The van der Waals surface area contributed by atoms with Crippen molar-refractivity contribution < 1.29 is 4.74 Å². The first-order chi connectivity index (χ1) is 8.54. The number of rotatable bonds is 4. The molecule has 1 aromatic rings. The molecule has 0 aromatic carbocycles. The maximum atomic E-state index is 5.64. The van der Waals surface area contributed by atoms with E-state index in [0.717, 1.165) is 36.3 Å². The minimum absolute atomic E-state index is 0.327. The van der Waals surface area contributed by atoms with E-state index in [1.807, 2.05) is 6.92 Å². The molecule has 2 atom stereocenters. The number of aryl methyl sites for hydroxylation is 2. The summed E-state index contributed by atoms with van der Waals surface area (Å²) in [4.78, 5) is 2.38. The van der Waals surface area contributed by atoms with Crippen molar-refractivity contribution in [3.8, 4) is 0 Å². The summed E-state index contributed by atoms with van der Waals surface area (Å²) >= 11 is 3.65. The highest BCUT2D eigenvalue weighted by atomic mass is 79.9. The molecular weight excluding hydrogens is 294 g/mol. The van der Waals surface area contributed by atoms with Gasteiger partial charge in [-0.3, -0.25) is 9.58 Å². The van der Waals surface area contributed by atoms with Crippen molar-refractivity contribution in [2.75, 3.05) is 13.7 Å². The fourth-order valence-corrected chi connectivity index (χ4v) is 3.08. The molecule has 1 aliphatic rings. The van der Waals surface area contributed by atoms with Gasteiger partial charge in [0.2, 0.25) is 0 Å². The summed E-state index contributed by atoms with van der Waals surface area (Å²) in [6.07, 6.45) is 1.45. The van der Waals surface area contributed by atoms with Gasteiger partial charge in [-0.2, -0.15) is 5.10 Å². The van der Waals surface area contributed by atoms with Crippen LogP contribution in [-0.2, 0) is 17.8 Å². The van der Waals surface area contributed by atoms with Gasteiger partial charge in [-0.05, 0) is 50.2 Å². The molecule has 1 fully saturated rings. The van der Waals surface area contributed by atoms with Crippen molar-refractivity contribution in [2.45, 2.75) is 52.4 Å². The van der Waals surface area contributed by atoms with E-state index in [0.29, 0.717) is 12.1 Å². The Morgan fingerprint density at radius 1 is 1.56 bits per heavy atom. The highest BCUT2D eigenvalue weighted by Crippen LogP contribution is 2.25. The van der Waals surface area contributed by atoms with E-state index in [-0.39, 0.29) is 0 Å². The van der Waals surface area contributed by atoms with E-state index >= 15 is 0 Å². The molecule has 2 heterocycles. The summed E-state index contributed by atoms with van der Waals surface area (Å²) in [5.41, 5.74) is 2.33. The smallest absolute Gasteiger partial charge is 0.0739 e. The largest absolute Gasteiger partial charge is 0.377 e. The summed E-state index contributed by atoms with van der Waals surface area (Å²) in [7, 11) is 2.17. The fourth-order valence-electron chi connectivity index (χ4n) is 2.67. The molecule has 102 valence electrons. The van der Waals surface area contributed by atoms with Gasteiger partial charge in [-0.15, -0.1) is 0 Å². The minimum Gasteiger partial charge on any atom is -0.377 e. The molecule has 0 saturated carbocycles. The number of aromatic nitrogens is 2. The number of hydrogen-bond donors (Lipinski definition) is 0. The third-order valence-corrected chi connectivity index (χ3v) is 4.79. The second-order valence-electron chi connectivity index (χ2n) is 5.01. The Bertz CT molecular complexity index is 419. The van der Waals surface area contributed by atoms with Crippen LogP contribution in [0.15, 0.2) is 4.47 Å². The first-order valence-corrected chi connectivity index (χ1v) is 7.37. The highest BCUT2D eigenvalue weighted by molar-refractivity contribution is 9.10. The van der Waals surface area contributed by atoms with Crippen LogP contribution in [-0.4, -0.2) is 40.5 Å². The summed E-state index contributed by atoms with van der Waals surface area (Å²) in [5.74, 6) is 0. The molecule has 0 N–H and O–H groups in total. The summed E-state index contributed by atoms with van der Waals surface area (Å²) in [5, 5.41) is 4.54. The lowest BCUT2D eigenvalue weighted by atomic mass is 10.1. The van der Waals surface area contributed by atoms with E-state index in [1.54, 1.807) is 0 Å². The predicted octanol–water partition coefficient (Wildman–Crippen LogP) is 2.58. The fraction of sp³-hybridized carbons (Fsp3) is 0.769. The first kappa shape index (κ1) is 14.0. The zero-order chi connectivity index (χ0) is 13.3. The summed E-state index contributed by atoms with van der Waals surface area (Å²) < 4.78 is 8.86. The molecular formula is C13H22BrN3O. The number of hydrogen-bond acceptors (Lipinski definition) is 3. The lowest BCUT2D eigenvalue weighted by Crippen LogP contribution is -2.36. The molecule has 2 unspecified atom stereocenters. The van der Waals surface area contributed by atoms with Crippen molar-refractivity contribution in [3.63, 3.8) is 0 Å². The van der Waals surface area contributed by atoms with Crippen LogP contribution in [0.4, 0.5) is 0 Å². The standard InChI is InChI=1S/C13H22BrN3O/c1-5-17-12(13(14)9(2)15-17)8-16(4)11-6-7-18-10(11)3/h10-11H,5-8H2,1-4H3. The van der Waals surface area contributed by atoms with Crippen molar-refractivity contribution in [1.82, 2.24) is 14.7 Å². The maximum absolute atomic E-state index is 5.64. The van der Waals surface area contributed by atoms with Gasteiger partial charge in [-0.25, -0.2) is 0 Å². The highest BCUT2D eigenvalue weighted by Gasteiger charge is 2.28. The second-order valence-corrected chi connectivity index (χ2v) is 5.80. The van der Waals surface area contributed by atoms with Crippen molar-refractivity contribution in [3.05, 3.63) is 15.9 Å². The second kappa shape index (κ2) is 5.72. The number of ether oxygens (including phenoxy) is 1. The summed E-state index contributed by atoms with van der Waals surface area (Å²) in [6.45, 7) is 9.03. The van der Waals surface area contributed by atoms with E-state index in [4.69, 9.17) is 4.74 Å². The van der Waals surface area contributed by atoms with E-state index in [2.05, 4.69) is 51.5 Å². The van der Waals surface area contributed by atoms with Crippen LogP contribution in [0.2, 0.25) is 0 Å². The number of nitrogens with zero attached hydrogens (tertiary/aromatic N) is 3. The van der Waals surface area contributed by atoms with Crippen LogP contribution in [0.1, 0.15) is 31.7 Å². The van der Waals surface area contributed by atoms with Gasteiger partial charge < -0.3 is 4.74 Å². The van der Waals surface area contributed by atoms with E-state index < -0.39 is 0 Å². The normalized spacial score (nSPS) is 24.1. The van der Waals surface area contributed by atoms with Crippen LogP contribution in [0, 0.1) is 6.92 Å². The molecule has 2 rings (SSSR count). The molecule has 18 heavy (non-hydrogen) atoms. The lowest BCUT2D eigenvalue weighted by molar-refractivity contribution is 0.0805. The molecule has 4 nitrogen and oxygen atoms in total. The van der Waals surface area contributed by atoms with Gasteiger partial charge >= 0.3 is 0 Å². The summed E-state index contributed by atoms with van der Waals surface area (Å²) in [6, 6.07) is 0.511. The van der Waals surface area contributed by atoms with Crippen LogP contribution in [0.5, 0.6) is 0 Å². The SMILES string of the molecule is CCn1nc(C)c(Br)c1CN(C)C1CCOC1C. The Kier molecular flexibility index (Phi) is 4.45. The van der Waals surface area contributed by atoms with Gasteiger partial charge in [0.05, 0.1) is 22.0 Å². The van der Waals surface area contributed by atoms with Crippen LogP contribution in [0.3, 0.4) is 0 Å². The Morgan fingerprint density at radius 2 is 2.28 bits per heavy atom. The average Bonchev–Trinajstić information content (AvgIpc) is 2.87. The van der Waals surface area contributed by atoms with Gasteiger partial charge in [0.15, 0.2) is 0 Å². The predicted molar refractivity (Wildman–Crippen MR) is 75.6 cm³/mol. The quantitative estimate of drug-likeness (QED) is 0.855. The Morgan fingerprint density at radius 3 is 2.83 bits per heavy atom. The number of halogens is 1. The van der Waals surface area contributed by atoms with Crippen molar-refractivity contribution in [1.29, 1.82) is 0 Å². The lowest BCUT2D eigenvalue weighted by Gasteiger charge is -2.26. The molecule has 0 amide bonds. The van der Waals surface area contributed by atoms with Gasteiger partial charge in [0.1, 0.15) is 0 Å². The van der Waals surface area contributed by atoms with Crippen LogP contribution < -0.4 is 0 Å². The Labute approximate surface area is 117 Å². The third-order valence-electron chi connectivity index (χ3n) is 3.75. The molecule has 1 saturated heterocycles. The average molecular weight is 316 g/mol. The topological polar surface area (TPSA) is 30.3 Å². The van der Waals surface area contributed by atoms with Crippen molar-refractivity contribution >= 4 is 15.9 Å². The van der Waals surface area contributed by atoms with Gasteiger partial charge in [-0.1, -0.05) is 0 Å². The van der Waals surface area contributed by atoms with Crippen molar-refractivity contribution in [2.24, 2.45) is 0 Å². The molecule has 1 aromatic heterocycles. The first-order valence-electron chi connectivity index (χ1n) is 6.58. The zero-order valence-corrected chi connectivity index (χ0v) is 13.2. The Balaban J connectivity index is 2.13. The Hall–Kier alpha value is -0.390. The van der Waals surface area contributed by atoms with E-state index in [1.165, 1.54) is 5.69 Å². The maximum Gasteiger partial charge on any atom is 0.0739 e. The van der Waals surface area contributed by atoms with Gasteiger partial charge in [0.25, 0.3) is 0 Å². The minimum atomic E-state index is 0.327. The monoisotopic (exact) mass is 315 g/mol. The third kappa shape index (κ3) is 2.63. The van der Waals surface area contributed by atoms with E-state index in [9.17, 15) is 0 Å². The molecule has 0 radical (unpaired) electrons. The van der Waals surface area contributed by atoms with Crippen LogP contribution in [0.25, 0.3) is 0 Å². The van der Waals surface area contributed by atoms with Crippen LogP contribution >= 0.6 is 15.9 Å². The molecule has 0 aliphatic carbocycles. The molecule has 0 bridgehead atoms. The molecule has 0 spiro atoms. The number of likely N-dealkylation sites (N-methyl/N-ethyl adjacent to an activating group) is 1. The molecule has 1 aliphatic heterocycles. The zero-order valence-electron chi connectivity index (χ0n) is 11.6. The molecule has 5 heteroatoms.